The van der Waals surface area contributed by atoms with Gasteiger partial charge in [-0.15, -0.1) is 11.6 Å². The minimum Gasteiger partial charge on any atom is -0.494 e. The van der Waals surface area contributed by atoms with E-state index in [0.29, 0.717) is 22.4 Å². The van der Waals surface area contributed by atoms with Crippen LogP contribution in [0.15, 0.2) is 22.7 Å². The second-order valence-electron chi connectivity index (χ2n) is 3.40. The average Bonchev–Trinajstić information content (AvgIpc) is 2.15. The lowest BCUT2D eigenvalue weighted by Crippen LogP contribution is -2.11. The molecule has 17 heavy (non-hydrogen) atoms. The summed E-state index contributed by atoms with van der Waals surface area (Å²) in [5.41, 5.74) is 0.410. The number of halogens is 5. The Morgan fingerprint density at radius 2 is 2.06 bits per heavy atom. The lowest BCUT2D eigenvalue weighted by Gasteiger charge is -2.15. The van der Waals surface area contributed by atoms with E-state index in [1.165, 1.54) is 0 Å². The molecule has 1 nitrogen and oxygen atoms in total. The van der Waals surface area contributed by atoms with Crippen molar-refractivity contribution >= 4 is 27.5 Å². The summed E-state index contributed by atoms with van der Waals surface area (Å²) in [7, 11) is 0. The van der Waals surface area contributed by atoms with Gasteiger partial charge in [-0.3, -0.25) is 0 Å². The first-order valence-electron chi connectivity index (χ1n) is 4.96. The predicted molar refractivity (Wildman–Crippen MR) is 64.6 cm³/mol. The van der Waals surface area contributed by atoms with Crippen LogP contribution in [0.5, 0.6) is 5.75 Å². The van der Waals surface area contributed by atoms with E-state index in [1.807, 2.05) is 6.92 Å². The molecule has 0 heterocycles. The van der Waals surface area contributed by atoms with Crippen LogP contribution in [-0.2, 0) is 0 Å². The molecule has 0 radical (unpaired) electrons. The maximum atomic E-state index is 12.2. The SMILES string of the molecule is CCOc1ccc(C(Cl)CC(F)(F)F)c(Br)c1. The van der Waals surface area contributed by atoms with Gasteiger partial charge in [0, 0.05) is 4.47 Å². The molecule has 6 heteroatoms. The van der Waals surface area contributed by atoms with Gasteiger partial charge in [0.15, 0.2) is 0 Å². The molecule has 0 N–H and O–H groups in total. The first kappa shape index (κ1) is 14.6. The zero-order chi connectivity index (χ0) is 13.1. The Morgan fingerprint density at radius 1 is 1.41 bits per heavy atom. The van der Waals surface area contributed by atoms with Crippen LogP contribution in [0, 0.1) is 0 Å². The van der Waals surface area contributed by atoms with Crippen LogP contribution in [0.1, 0.15) is 24.3 Å². The Hall–Kier alpha value is -0.420. The van der Waals surface area contributed by atoms with Crippen LogP contribution in [0.4, 0.5) is 13.2 Å². The molecular weight excluding hydrogens is 320 g/mol. The van der Waals surface area contributed by atoms with E-state index in [2.05, 4.69) is 15.9 Å². The van der Waals surface area contributed by atoms with Gasteiger partial charge in [0.05, 0.1) is 18.4 Å². The first-order valence-corrected chi connectivity index (χ1v) is 6.19. The number of ether oxygens (including phenoxy) is 1. The Balaban J connectivity index is 2.84. The maximum Gasteiger partial charge on any atom is 0.390 e. The first-order chi connectivity index (χ1) is 7.83. The van der Waals surface area contributed by atoms with Gasteiger partial charge in [-0.2, -0.15) is 13.2 Å². The maximum absolute atomic E-state index is 12.2. The molecule has 1 unspecified atom stereocenters. The van der Waals surface area contributed by atoms with Crippen molar-refractivity contribution in [3.63, 3.8) is 0 Å². The summed E-state index contributed by atoms with van der Waals surface area (Å²) in [5, 5.41) is -1.10. The summed E-state index contributed by atoms with van der Waals surface area (Å²) in [6.45, 7) is 2.33. The van der Waals surface area contributed by atoms with Crippen molar-refractivity contribution in [3.05, 3.63) is 28.2 Å². The Bertz CT molecular complexity index is 381. The molecule has 0 bridgehead atoms. The average molecular weight is 332 g/mol. The van der Waals surface area contributed by atoms with Gasteiger partial charge in [0.1, 0.15) is 5.75 Å². The minimum absolute atomic E-state index is 0.410. The van der Waals surface area contributed by atoms with Crippen LogP contribution in [-0.4, -0.2) is 12.8 Å². The second-order valence-corrected chi connectivity index (χ2v) is 4.78. The molecule has 1 rings (SSSR count). The molecule has 0 amide bonds. The minimum atomic E-state index is -4.27. The lowest BCUT2D eigenvalue weighted by atomic mass is 10.1. The van der Waals surface area contributed by atoms with E-state index < -0.39 is 18.0 Å². The molecule has 0 saturated heterocycles. The van der Waals surface area contributed by atoms with Gasteiger partial charge in [0.2, 0.25) is 0 Å². The third kappa shape index (κ3) is 4.76. The highest BCUT2D eigenvalue weighted by atomic mass is 79.9. The topological polar surface area (TPSA) is 9.23 Å². The number of rotatable bonds is 4. The second kappa shape index (κ2) is 5.96. The fourth-order valence-corrected chi connectivity index (χ4v) is 2.46. The van der Waals surface area contributed by atoms with Gasteiger partial charge >= 0.3 is 6.18 Å². The smallest absolute Gasteiger partial charge is 0.390 e. The van der Waals surface area contributed by atoms with Crippen LogP contribution >= 0.6 is 27.5 Å². The fraction of sp³-hybridized carbons (Fsp3) is 0.455. The number of hydrogen-bond donors (Lipinski definition) is 0. The van der Waals surface area contributed by atoms with Crippen LogP contribution < -0.4 is 4.74 Å². The molecule has 1 atom stereocenters. The van der Waals surface area contributed by atoms with E-state index in [9.17, 15) is 13.2 Å². The predicted octanol–water partition coefficient (Wildman–Crippen LogP) is 5.08. The number of hydrogen-bond acceptors (Lipinski definition) is 1. The van der Waals surface area contributed by atoms with Crippen molar-refractivity contribution in [1.29, 1.82) is 0 Å². The van der Waals surface area contributed by atoms with E-state index in [4.69, 9.17) is 16.3 Å². The van der Waals surface area contributed by atoms with Gasteiger partial charge in [0.25, 0.3) is 0 Å². The lowest BCUT2D eigenvalue weighted by molar-refractivity contribution is -0.134. The summed E-state index contributed by atoms with van der Waals surface area (Å²) in [6, 6.07) is 4.76. The number of alkyl halides is 4. The summed E-state index contributed by atoms with van der Waals surface area (Å²) >= 11 is 8.93. The molecule has 0 aromatic heterocycles. The monoisotopic (exact) mass is 330 g/mol. The molecule has 0 aliphatic heterocycles. The highest BCUT2D eigenvalue weighted by Crippen LogP contribution is 2.38. The molecule has 0 aliphatic rings. The highest BCUT2D eigenvalue weighted by Gasteiger charge is 2.32. The third-order valence-electron chi connectivity index (χ3n) is 2.03. The Kier molecular flexibility index (Phi) is 5.13. The highest BCUT2D eigenvalue weighted by molar-refractivity contribution is 9.10. The molecule has 1 aromatic rings. The summed E-state index contributed by atoms with van der Waals surface area (Å²) < 4.78 is 42.3. The van der Waals surface area contributed by atoms with Gasteiger partial charge in [-0.05, 0) is 24.6 Å². The molecule has 1 aromatic carbocycles. The quantitative estimate of drug-likeness (QED) is 0.699. The zero-order valence-electron chi connectivity index (χ0n) is 9.02. The van der Waals surface area contributed by atoms with Crippen LogP contribution in [0.2, 0.25) is 0 Å². The fourth-order valence-electron chi connectivity index (χ4n) is 1.33. The van der Waals surface area contributed by atoms with E-state index in [1.54, 1.807) is 18.2 Å². The molecule has 0 aliphatic carbocycles. The van der Waals surface area contributed by atoms with Crippen molar-refractivity contribution in [2.75, 3.05) is 6.61 Å². The standard InChI is InChI=1S/C11H11BrClF3O/c1-2-17-7-3-4-8(9(12)5-7)10(13)6-11(14,15)16/h3-5,10H,2,6H2,1H3. The van der Waals surface area contributed by atoms with E-state index >= 15 is 0 Å². The van der Waals surface area contributed by atoms with Crippen molar-refractivity contribution < 1.29 is 17.9 Å². The molecule has 0 spiro atoms. The van der Waals surface area contributed by atoms with Gasteiger partial charge < -0.3 is 4.74 Å². The summed E-state index contributed by atoms with van der Waals surface area (Å²) in [6.07, 6.45) is -5.33. The largest absolute Gasteiger partial charge is 0.494 e. The summed E-state index contributed by atoms with van der Waals surface area (Å²) in [5.74, 6) is 0.596. The van der Waals surface area contributed by atoms with Gasteiger partial charge in [-0.25, -0.2) is 0 Å². The van der Waals surface area contributed by atoms with Crippen LogP contribution in [0.3, 0.4) is 0 Å². The molecule has 0 saturated carbocycles. The number of benzene rings is 1. The van der Waals surface area contributed by atoms with E-state index in [0.717, 1.165) is 0 Å². The van der Waals surface area contributed by atoms with Crippen LogP contribution in [0.25, 0.3) is 0 Å². The molecule has 96 valence electrons. The molecule has 0 fully saturated rings. The van der Waals surface area contributed by atoms with Crippen molar-refractivity contribution in [2.24, 2.45) is 0 Å². The molecular formula is C11H11BrClF3O. The Labute approximate surface area is 111 Å². The zero-order valence-corrected chi connectivity index (χ0v) is 11.4. The van der Waals surface area contributed by atoms with Gasteiger partial charge in [-0.1, -0.05) is 22.0 Å². The van der Waals surface area contributed by atoms with Crippen molar-refractivity contribution in [3.8, 4) is 5.75 Å². The van der Waals surface area contributed by atoms with Crippen molar-refractivity contribution in [1.82, 2.24) is 0 Å². The normalized spacial score (nSPS) is 13.5. The summed E-state index contributed by atoms with van der Waals surface area (Å²) in [4.78, 5) is 0. The third-order valence-corrected chi connectivity index (χ3v) is 3.11. The van der Waals surface area contributed by atoms with E-state index in [-0.39, 0.29) is 0 Å². The van der Waals surface area contributed by atoms with Crippen molar-refractivity contribution in [2.45, 2.75) is 24.9 Å². The Morgan fingerprint density at radius 3 is 2.53 bits per heavy atom.